The Kier molecular flexibility index (Phi) is 5.52. The third kappa shape index (κ3) is 4.06. The molecule has 3 aliphatic rings. The van der Waals surface area contributed by atoms with E-state index in [1.54, 1.807) is 24.5 Å². The molecule has 0 radical (unpaired) electrons. The maximum atomic E-state index is 11.3. The standard InChI is InChI=1S/C27H21Cl2N5O4/c28-20-9-30-10-21(29)22(20)23-17(24(38-33-23)13-4-5-13)7-6-16-18-11-34(12-19(16)18)27-32-31-25(37-27)14-2-1-3-15(8-14)26(35)36/h1-3,6-10,13,16,18-19H,4-5,11-12H2,(H,35,36). The molecule has 3 fully saturated rings. The quantitative estimate of drug-likeness (QED) is 0.293. The maximum Gasteiger partial charge on any atom is 0.335 e. The van der Waals surface area contributed by atoms with Gasteiger partial charge in [-0.25, -0.2) is 4.79 Å². The van der Waals surface area contributed by atoms with Gasteiger partial charge in [-0.1, -0.05) is 51.7 Å². The number of fused-ring (bicyclic) bond motifs is 1. The molecule has 7 rings (SSSR count). The van der Waals surface area contributed by atoms with E-state index < -0.39 is 5.97 Å². The van der Waals surface area contributed by atoms with Crippen LogP contribution in [0.2, 0.25) is 10.0 Å². The van der Waals surface area contributed by atoms with Gasteiger partial charge in [-0.15, -0.1) is 5.10 Å². The lowest BCUT2D eigenvalue weighted by Crippen LogP contribution is -2.23. The van der Waals surface area contributed by atoms with Crippen LogP contribution in [0.25, 0.3) is 28.8 Å². The number of hydrogen-bond acceptors (Lipinski definition) is 8. The number of anilines is 1. The predicted octanol–water partition coefficient (Wildman–Crippen LogP) is 6.06. The van der Waals surface area contributed by atoms with Crippen LogP contribution in [-0.4, -0.2) is 44.5 Å². The Hall–Kier alpha value is -3.69. The van der Waals surface area contributed by atoms with Gasteiger partial charge in [-0.05, 0) is 48.8 Å². The molecule has 1 saturated heterocycles. The van der Waals surface area contributed by atoms with Gasteiger partial charge in [0, 0.05) is 48.1 Å². The van der Waals surface area contributed by atoms with Crippen molar-refractivity contribution in [2.45, 2.75) is 18.8 Å². The average Bonchev–Trinajstić information content (AvgIpc) is 3.64. The minimum absolute atomic E-state index is 0.175. The predicted molar refractivity (Wildman–Crippen MR) is 140 cm³/mol. The van der Waals surface area contributed by atoms with Crippen molar-refractivity contribution in [1.29, 1.82) is 0 Å². The summed E-state index contributed by atoms with van der Waals surface area (Å²) in [6, 6.07) is 6.93. The van der Waals surface area contributed by atoms with E-state index in [4.69, 9.17) is 32.1 Å². The Morgan fingerprint density at radius 1 is 1.11 bits per heavy atom. The second-order valence-corrected chi connectivity index (χ2v) is 10.8. The fourth-order valence-electron chi connectivity index (χ4n) is 5.40. The molecule has 0 spiro atoms. The number of piperidine rings is 1. The van der Waals surface area contributed by atoms with Gasteiger partial charge in [0.15, 0.2) is 0 Å². The Balaban J connectivity index is 1.07. The highest BCUT2D eigenvalue weighted by atomic mass is 35.5. The van der Waals surface area contributed by atoms with Crippen LogP contribution in [0.5, 0.6) is 0 Å². The molecular formula is C27H21Cl2N5O4. The van der Waals surface area contributed by atoms with Crippen LogP contribution in [0.1, 0.15) is 40.4 Å². The number of rotatable bonds is 7. The number of hydrogen-bond donors (Lipinski definition) is 1. The van der Waals surface area contributed by atoms with Gasteiger partial charge < -0.3 is 18.9 Å². The van der Waals surface area contributed by atoms with Gasteiger partial charge in [0.05, 0.1) is 15.6 Å². The number of benzene rings is 1. The molecular weight excluding hydrogens is 529 g/mol. The zero-order valence-electron chi connectivity index (χ0n) is 19.9. The summed E-state index contributed by atoms with van der Waals surface area (Å²) in [5.41, 5.74) is 2.99. The van der Waals surface area contributed by atoms with E-state index >= 15 is 0 Å². The van der Waals surface area contributed by atoms with Crippen molar-refractivity contribution in [3.8, 4) is 22.7 Å². The second-order valence-electron chi connectivity index (χ2n) is 10.0. The number of carbonyl (C=O) groups is 1. The highest BCUT2D eigenvalue weighted by Gasteiger charge is 2.55. The summed E-state index contributed by atoms with van der Waals surface area (Å²) < 4.78 is 11.6. The summed E-state index contributed by atoms with van der Waals surface area (Å²) in [6.07, 6.45) is 9.66. The zero-order chi connectivity index (χ0) is 26.0. The minimum atomic E-state index is -1.00. The third-order valence-electron chi connectivity index (χ3n) is 7.58. The molecule has 1 N–H and O–H groups in total. The molecule has 3 aromatic heterocycles. The summed E-state index contributed by atoms with van der Waals surface area (Å²) in [4.78, 5) is 17.4. The molecule has 4 heterocycles. The number of aromatic carboxylic acids is 1. The molecule has 2 atom stereocenters. The van der Waals surface area contributed by atoms with Crippen LogP contribution >= 0.6 is 23.2 Å². The normalized spacial score (nSPS) is 22.3. The van der Waals surface area contributed by atoms with Gasteiger partial charge in [-0.3, -0.25) is 4.98 Å². The van der Waals surface area contributed by atoms with Crippen LogP contribution in [0.15, 0.2) is 51.7 Å². The molecule has 1 aliphatic heterocycles. The number of aromatic nitrogens is 4. The molecule has 0 amide bonds. The van der Waals surface area contributed by atoms with Gasteiger partial charge in [0.2, 0.25) is 5.89 Å². The molecule has 2 unspecified atom stereocenters. The van der Waals surface area contributed by atoms with Crippen LogP contribution in [0.3, 0.4) is 0 Å². The number of carboxylic acid groups (broad SMARTS) is 1. The molecule has 9 nitrogen and oxygen atoms in total. The van der Waals surface area contributed by atoms with Crippen molar-refractivity contribution in [3.05, 3.63) is 69.7 Å². The third-order valence-corrected chi connectivity index (χ3v) is 8.15. The highest BCUT2D eigenvalue weighted by Crippen LogP contribution is 2.54. The van der Waals surface area contributed by atoms with Gasteiger partial charge in [0.25, 0.3) is 0 Å². The maximum absolute atomic E-state index is 11.3. The summed E-state index contributed by atoms with van der Waals surface area (Å²) in [5.74, 6) is 1.97. The van der Waals surface area contributed by atoms with Crippen LogP contribution in [-0.2, 0) is 0 Å². The van der Waals surface area contributed by atoms with Crippen molar-refractivity contribution in [2.24, 2.45) is 17.8 Å². The van der Waals surface area contributed by atoms with Crippen LogP contribution < -0.4 is 4.90 Å². The van der Waals surface area contributed by atoms with Crippen LogP contribution in [0, 0.1) is 17.8 Å². The fourth-order valence-corrected chi connectivity index (χ4v) is 5.94. The highest BCUT2D eigenvalue weighted by molar-refractivity contribution is 6.39. The first kappa shape index (κ1) is 23.4. The first-order valence-corrected chi connectivity index (χ1v) is 13.1. The molecule has 4 aromatic rings. The van der Waals surface area contributed by atoms with Crippen LogP contribution in [0.4, 0.5) is 6.01 Å². The molecule has 11 heteroatoms. The second kappa shape index (κ2) is 8.96. The Bertz CT molecular complexity index is 1560. The van der Waals surface area contributed by atoms with Gasteiger partial charge >= 0.3 is 12.0 Å². The lowest BCUT2D eigenvalue weighted by Gasteiger charge is -2.15. The van der Waals surface area contributed by atoms with Crippen molar-refractivity contribution < 1.29 is 18.8 Å². The van der Waals surface area contributed by atoms with E-state index in [0.717, 1.165) is 37.3 Å². The Morgan fingerprint density at radius 2 is 1.87 bits per heavy atom. The van der Waals surface area contributed by atoms with E-state index in [1.807, 2.05) is 0 Å². The molecule has 0 bridgehead atoms. The molecule has 2 saturated carbocycles. The van der Waals surface area contributed by atoms with E-state index in [1.165, 1.54) is 12.1 Å². The van der Waals surface area contributed by atoms with Crippen molar-refractivity contribution >= 4 is 41.3 Å². The Morgan fingerprint density at radius 3 is 2.58 bits per heavy atom. The monoisotopic (exact) mass is 549 g/mol. The van der Waals surface area contributed by atoms with E-state index in [0.29, 0.717) is 62.4 Å². The van der Waals surface area contributed by atoms with Crippen molar-refractivity contribution in [1.82, 2.24) is 20.3 Å². The number of allylic oxidation sites excluding steroid dienone is 1. The number of carboxylic acids is 1. The summed E-state index contributed by atoms with van der Waals surface area (Å²) in [7, 11) is 0. The van der Waals surface area contributed by atoms with E-state index in [-0.39, 0.29) is 5.56 Å². The van der Waals surface area contributed by atoms with E-state index in [9.17, 15) is 9.90 Å². The molecule has 192 valence electrons. The molecule has 1 aromatic carbocycles. The fraction of sp³-hybridized carbons (Fsp3) is 0.296. The zero-order valence-corrected chi connectivity index (χ0v) is 21.4. The first-order chi connectivity index (χ1) is 18.5. The van der Waals surface area contributed by atoms with Gasteiger partial charge in [0.1, 0.15) is 11.5 Å². The number of pyridine rings is 1. The van der Waals surface area contributed by atoms with E-state index in [2.05, 4.69) is 37.4 Å². The summed E-state index contributed by atoms with van der Waals surface area (Å²) in [6.45, 7) is 1.62. The lowest BCUT2D eigenvalue weighted by molar-refractivity contribution is 0.0697. The average molecular weight is 550 g/mol. The summed E-state index contributed by atoms with van der Waals surface area (Å²) in [5, 5.41) is 22.8. The lowest BCUT2D eigenvalue weighted by atomic mass is 10.0. The number of halogens is 2. The number of nitrogens with zero attached hydrogens (tertiary/aromatic N) is 5. The minimum Gasteiger partial charge on any atom is -0.478 e. The SMILES string of the molecule is O=C(O)c1cccc(-c2nnc(N3CC4C(C=Cc5c(-c6c(Cl)cncc6Cl)noc5C5CC5)C4C3)o2)c1. The van der Waals surface area contributed by atoms with Gasteiger partial charge in [-0.2, -0.15) is 0 Å². The summed E-state index contributed by atoms with van der Waals surface area (Å²) >= 11 is 12.9. The first-order valence-electron chi connectivity index (χ1n) is 12.4. The molecule has 2 aliphatic carbocycles. The van der Waals surface area contributed by atoms with Crippen molar-refractivity contribution in [3.63, 3.8) is 0 Å². The largest absolute Gasteiger partial charge is 0.478 e. The van der Waals surface area contributed by atoms with Crippen molar-refractivity contribution in [2.75, 3.05) is 18.0 Å². The topological polar surface area (TPSA) is 118 Å². The smallest absolute Gasteiger partial charge is 0.335 e. The molecule has 38 heavy (non-hydrogen) atoms. The Labute approximate surface area is 227 Å².